The molecular formula is C17H32IN5O. The lowest BCUT2D eigenvalue weighted by Crippen LogP contribution is -2.51. The second-order valence-corrected chi connectivity index (χ2v) is 7.59. The molecule has 1 amide bonds. The van der Waals surface area contributed by atoms with E-state index in [1.165, 1.54) is 13.0 Å². The molecule has 3 rings (SSSR count). The number of hydrogen-bond acceptors (Lipinski definition) is 3. The summed E-state index contributed by atoms with van der Waals surface area (Å²) in [6.07, 6.45) is 4.22. The monoisotopic (exact) mass is 449 g/mol. The van der Waals surface area contributed by atoms with Crippen LogP contribution in [0.25, 0.3) is 0 Å². The summed E-state index contributed by atoms with van der Waals surface area (Å²) in [7, 11) is 2.19. The van der Waals surface area contributed by atoms with Crippen molar-refractivity contribution in [3.8, 4) is 0 Å². The zero-order valence-electron chi connectivity index (χ0n) is 15.0. The maximum atomic E-state index is 11.7. The topological polar surface area (TPSA) is 60.0 Å². The summed E-state index contributed by atoms with van der Waals surface area (Å²) in [4.78, 5) is 21.4. The Balaban J connectivity index is 0.00000208. The van der Waals surface area contributed by atoms with Crippen LogP contribution < -0.4 is 10.6 Å². The van der Waals surface area contributed by atoms with Crippen molar-refractivity contribution in [3.05, 3.63) is 0 Å². The predicted octanol–water partition coefficient (Wildman–Crippen LogP) is 1.12. The van der Waals surface area contributed by atoms with Crippen LogP contribution >= 0.6 is 24.0 Å². The van der Waals surface area contributed by atoms with Gasteiger partial charge in [0.1, 0.15) is 0 Å². The second kappa shape index (κ2) is 8.69. The van der Waals surface area contributed by atoms with E-state index in [-0.39, 0.29) is 35.3 Å². The highest BCUT2D eigenvalue weighted by molar-refractivity contribution is 14.0. The standard InChI is InChI=1S/C17H31N5O.HI/c1-3-18-16(19-10-14-5-8-21(2)11-14)22-7-4-6-17(13-22)9-15(23)20-12-17;/h14H,3-13H2,1-2H3,(H,18,19)(H,20,23);1H. The van der Waals surface area contributed by atoms with Crippen molar-refractivity contribution in [2.24, 2.45) is 16.3 Å². The van der Waals surface area contributed by atoms with Crippen LogP contribution in [0, 0.1) is 11.3 Å². The fourth-order valence-corrected chi connectivity index (χ4v) is 4.25. The Kier molecular flexibility index (Phi) is 7.15. The van der Waals surface area contributed by atoms with Crippen LogP contribution in [0.1, 0.15) is 32.6 Å². The quantitative estimate of drug-likeness (QED) is 0.385. The molecule has 138 valence electrons. The third kappa shape index (κ3) is 4.74. The van der Waals surface area contributed by atoms with E-state index in [1.807, 2.05) is 0 Å². The van der Waals surface area contributed by atoms with Crippen LogP contribution in [0.5, 0.6) is 0 Å². The summed E-state index contributed by atoms with van der Waals surface area (Å²) in [6, 6.07) is 0. The van der Waals surface area contributed by atoms with Gasteiger partial charge in [-0.25, -0.2) is 0 Å². The summed E-state index contributed by atoms with van der Waals surface area (Å²) in [6.45, 7) is 9.10. The lowest BCUT2D eigenvalue weighted by molar-refractivity contribution is -0.119. The highest BCUT2D eigenvalue weighted by Crippen LogP contribution is 2.36. The molecule has 3 aliphatic rings. The molecule has 0 aromatic rings. The maximum Gasteiger partial charge on any atom is 0.220 e. The summed E-state index contributed by atoms with van der Waals surface area (Å²) in [5, 5.41) is 6.48. The van der Waals surface area contributed by atoms with Crippen LogP contribution in [0.3, 0.4) is 0 Å². The van der Waals surface area contributed by atoms with Crippen molar-refractivity contribution in [2.75, 3.05) is 52.9 Å². The van der Waals surface area contributed by atoms with Gasteiger partial charge in [0.15, 0.2) is 5.96 Å². The smallest absolute Gasteiger partial charge is 0.220 e. The molecule has 2 atom stereocenters. The minimum absolute atomic E-state index is 0. The first-order valence-corrected chi connectivity index (χ1v) is 9.09. The minimum atomic E-state index is 0. The van der Waals surface area contributed by atoms with Gasteiger partial charge >= 0.3 is 0 Å². The summed E-state index contributed by atoms with van der Waals surface area (Å²) in [5.41, 5.74) is 0.124. The van der Waals surface area contributed by atoms with Crippen LogP contribution in [0.2, 0.25) is 0 Å². The number of nitrogens with one attached hydrogen (secondary N) is 2. The van der Waals surface area contributed by atoms with Gasteiger partial charge in [-0.05, 0) is 45.7 Å². The first kappa shape index (κ1) is 19.8. The van der Waals surface area contributed by atoms with Crippen LogP contribution in [0.15, 0.2) is 4.99 Å². The molecule has 0 bridgehead atoms. The molecular weight excluding hydrogens is 417 g/mol. The lowest BCUT2D eigenvalue weighted by atomic mass is 9.79. The molecule has 0 radical (unpaired) electrons. The van der Waals surface area contributed by atoms with Crippen LogP contribution in [-0.4, -0.2) is 74.5 Å². The Morgan fingerprint density at radius 1 is 1.46 bits per heavy atom. The zero-order valence-corrected chi connectivity index (χ0v) is 17.3. The molecule has 7 heteroatoms. The van der Waals surface area contributed by atoms with Gasteiger partial charge in [0, 0.05) is 51.1 Å². The van der Waals surface area contributed by atoms with Gasteiger partial charge < -0.3 is 20.4 Å². The number of halogens is 1. The SMILES string of the molecule is CCNC(=NCC1CCN(C)C1)N1CCCC2(CNC(=O)C2)C1.I. The van der Waals surface area contributed by atoms with E-state index in [0.29, 0.717) is 12.3 Å². The number of nitrogens with zero attached hydrogens (tertiary/aromatic N) is 3. The Morgan fingerprint density at radius 2 is 2.29 bits per heavy atom. The van der Waals surface area contributed by atoms with E-state index >= 15 is 0 Å². The molecule has 6 nitrogen and oxygen atoms in total. The molecule has 0 aromatic carbocycles. The summed E-state index contributed by atoms with van der Waals surface area (Å²) >= 11 is 0. The molecule has 3 fully saturated rings. The number of hydrogen-bond donors (Lipinski definition) is 2. The van der Waals surface area contributed by atoms with E-state index < -0.39 is 0 Å². The Hall–Kier alpha value is -0.570. The van der Waals surface area contributed by atoms with Gasteiger partial charge in [-0.1, -0.05) is 0 Å². The number of likely N-dealkylation sites (tertiary alicyclic amines) is 2. The summed E-state index contributed by atoms with van der Waals surface area (Å²) in [5.74, 6) is 1.94. The van der Waals surface area contributed by atoms with E-state index in [0.717, 1.165) is 58.1 Å². The number of amides is 1. The second-order valence-electron chi connectivity index (χ2n) is 7.59. The normalized spacial score (nSPS) is 31.2. The number of carbonyl (C=O) groups excluding carboxylic acids is 1. The van der Waals surface area contributed by atoms with E-state index in [1.54, 1.807) is 0 Å². The van der Waals surface area contributed by atoms with Crippen LogP contribution in [-0.2, 0) is 4.79 Å². The first-order valence-electron chi connectivity index (χ1n) is 9.09. The van der Waals surface area contributed by atoms with Gasteiger partial charge in [-0.2, -0.15) is 0 Å². The van der Waals surface area contributed by atoms with Crippen molar-refractivity contribution in [3.63, 3.8) is 0 Å². The first-order chi connectivity index (χ1) is 11.1. The van der Waals surface area contributed by atoms with Crippen molar-refractivity contribution in [2.45, 2.75) is 32.6 Å². The minimum Gasteiger partial charge on any atom is -0.357 e. The molecule has 2 unspecified atom stereocenters. The fourth-order valence-electron chi connectivity index (χ4n) is 4.25. The molecule has 1 spiro atoms. The maximum absolute atomic E-state index is 11.7. The van der Waals surface area contributed by atoms with Crippen molar-refractivity contribution >= 4 is 35.8 Å². The molecule has 2 N–H and O–H groups in total. The lowest BCUT2D eigenvalue weighted by Gasteiger charge is -2.40. The third-order valence-corrected chi connectivity index (χ3v) is 5.48. The van der Waals surface area contributed by atoms with Crippen molar-refractivity contribution in [1.29, 1.82) is 0 Å². The van der Waals surface area contributed by atoms with Gasteiger partial charge in [0.05, 0.1) is 0 Å². The van der Waals surface area contributed by atoms with E-state index in [4.69, 9.17) is 4.99 Å². The highest BCUT2D eigenvalue weighted by Gasteiger charge is 2.42. The van der Waals surface area contributed by atoms with Gasteiger partial charge in [-0.3, -0.25) is 9.79 Å². The molecule has 0 aromatic heterocycles. The van der Waals surface area contributed by atoms with E-state index in [2.05, 4.69) is 34.4 Å². The van der Waals surface area contributed by atoms with Gasteiger partial charge in [0.25, 0.3) is 0 Å². The van der Waals surface area contributed by atoms with Gasteiger partial charge in [-0.15, -0.1) is 24.0 Å². The molecule has 0 saturated carbocycles. The molecule has 24 heavy (non-hydrogen) atoms. The zero-order chi connectivity index (χ0) is 16.3. The molecule has 3 heterocycles. The number of carbonyl (C=O) groups is 1. The molecule has 0 aliphatic carbocycles. The predicted molar refractivity (Wildman–Crippen MR) is 108 cm³/mol. The molecule has 3 aliphatic heterocycles. The number of rotatable bonds is 3. The Bertz CT molecular complexity index is 472. The summed E-state index contributed by atoms with van der Waals surface area (Å²) < 4.78 is 0. The largest absolute Gasteiger partial charge is 0.357 e. The fraction of sp³-hybridized carbons (Fsp3) is 0.882. The number of guanidine groups is 1. The van der Waals surface area contributed by atoms with Crippen molar-refractivity contribution < 1.29 is 4.79 Å². The van der Waals surface area contributed by atoms with Crippen LogP contribution in [0.4, 0.5) is 0 Å². The average molecular weight is 449 g/mol. The highest BCUT2D eigenvalue weighted by atomic mass is 127. The Morgan fingerprint density at radius 3 is 2.92 bits per heavy atom. The molecule has 3 saturated heterocycles. The van der Waals surface area contributed by atoms with Crippen molar-refractivity contribution in [1.82, 2.24) is 20.4 Å². The van der Waals surface area contributed by atoms with Gasteiger partial charge in [0.2, 0.25) is 5.91 Å². The Labute approximate surface area is 162 Å². The van der Waals surface area contributed by atoms with E-state index in [9.17, 15) is 4.79 Å². The average Bonchev–Trinajstić information content (AvgIpc) is 3.10. The third-order valence-electron chi connectivity index (χ3n) is 5.48. The number of piperidine rings is 1. The number of aliphatic imine (C=N–C) groups is 1.